The van der Waals surface area contributed by atoms with Crippen molar-refractivity contribution in [1.29, 1.82) is 0 Å². The van der Waals surface area contributed by atoms with Crippen molar-refractivity contribution in [2.24, 2.45) is 5.41 Å². The van der Waals surface area contributed by atoms with E-state index in [9.17, 15) is 0 Å². The molecule has 1 aliphatic carbocycles. The Morgan fingerprint density at radius 3 is 2.57 bits per heavy atom. The molecule has 118 valence electrons. The number of hydrogen-bond donors (Lipinski definition) is 1. The zero-order valence-corrected chi connectivity index (χ0v) is 14.4. The molecule has 1 fully saturated rings. The van der Waals surface area contributed by atoms with Crippen LogP contribution >= 0.6 is 0 Å². The SMILES string of the molecule is CCNC1C(N(CC)c2ccccc2C)CCCC1(C)C. The number of para-hydroxylation sites is 1. The van der Waals surface area contributed by atoms with Crippen molar-refractivity contribution < 1.29 is 0 Å². The number of benzene rings is 1. The highest BCUT2D eigenvalue weighted by molar-refractivity contribution is 5.54. The predicted molar refractivity (Wildman–Crippen MR) is 93.1 cm³/mol. The van der Waals surface area contributed by atoms with Gasteiger partial charge in [-0.3, -0.25) is 0 Å². The lowest BCUT2D eigenvalue weighted by molar-refractivity contribution is 0.143. The van der Waals surface area contributed by atoms with Crippen molar-refractivity contribution in [1.82, 2.24) is 5.32 Å². The zero-order valence-electron chi connectivity index (χ0n) is 14.4. The number of anilines is 1. The molecule has 0 amide bonds. The van der Waals surface area contributed by atoms with Gasteiger partial charge < -0.3 is 10.2 Å². The van der Waals surface area contributed by atoms with E-state index in [1.807, 2.05) is 0 Å². The van der Waals surface area contributed by atoms with E-state index in [1.54, 1.807) is 0 Å². The Morgan fingerprint density at radius 2 is 1.95 bits per heavy atom. The van der Waals surface area contributed by atoms with Crippen LogP contribution in [0.4, 0.5) is 5.69 Å². The summed E-state index contributed by atoms with van der Waals surface area (Å²) in [6, 6.07) is 9.98. The molecule has 0 saturated heterocycles. The largest absolute Gasteiger partial charge is 0.367 e. The molecule has 1 aromatic rings. The Labute approximate surface area is 130 Å². The van der Waals surface area contributed by atoms with Crippen LogP contribution in [0, 0.1) is 12.3 Å². The first-order valence-electron chi connectivity index (χ1n) is 8.57. The van der Waals surface area contributed by atoms with Gasteiger partial charge in [0.2, 0.25) is 0 Å². The zero-order chi connectivity index (χ0) is 15.5. The molecule has 0 radical (unpaired) electrons. The molecule has 0 spiro atoms. The van der Waals surface area contributed by atoms with Gasteiger partial charge in [0, 0.05) is 24.3 Å². The van der Waals surface area contributed by atoms with Gasteiger partial charge in [-0.25, -0.2) is 0 Å². The van der Waals surface area contributed by atoms with Gasteiger partial charge in [-0.2, -0.15) is 0 Å². The van der Waals surface area contributed by atoms with Crippen LogP contribution in [0.25, 0.3) is 0 Å². The minimum atomic E-state index is 0.370. The van der Waals surface area contributed by atoms with E-state index < -0.39 is 0 Å². The molecule has 2 rings (SSSR count). The van der Waals surface area contributed by atoms with Crippen LogP contribution in [0.2, 0.25) is 0 Å². The van der Waals surface area contributed by atoms with Crippen molar-refractivity contribution in [2.45, 2.75) is 66.0 Å². The lowest BCUT2D eigenvalue weighted by Crippen LogP contribution is -2.59. The summed E-state index contributed by atoms with van der Waals surface area (Å²) in [5.74, 6) is 0. The maximum Gasteiger partial charge on any atom is 0.0448 e. The lowest BCUT2D eigenvalue weighted by Gasteiger charge is -2.49. The Hall–Kier alpha value is -1.02. The van der Waals surface area contributed by atoms with Crippen LogP contribution in [-0.2, 0) is 0 Å². The van der Waals surface area contributed by atoms with Crippen LogP contribution in [0.3, 0.4) is 0 Å². The van der Waals surface area contributed by atoms with Crippen LogP contribution in [0.15, 0.2) is 24.3 Å². The highest BCUT2D eigenvalue weighted by Gasteiger charge is 2.40. The van der Waals surface area contributed by atoms with Gasteiger partial charge in [-0.05, 0) is 50.3 Å². The van der Waals surface area contributed by atoms with Gasteiger partial charge >= 0.3 is 0 Å². The molecule has 1 N–H and O–H groups in total. The van der Waals surface area contributed by atoms with E-state index in [1.165, 1.54) is 30.5 Å². The third-order valence-electron chi connectivity index (χ3n) is 5.14. The van der Waals surface area contributed by atoms with E-state index in [0.717, 1.165) is 13.1 Å². The Balaban J connectivity index is 2.33. The molecule has 0 heterocycles. The van der Waals surface area contributed by atoms with E-state index in [4.69, 9.17) is 0 Å². The molecule has 2 heteroatoms. The first-order chi connectivity index (χ1) is 10.0. The summed E-state index contributed by atoms with van der Waals surface area (Å²) in [4.78, 5) is 2.63. The van der Waals surface area contributed by atoms with Crippen LogP contribution in [0.1, 0.15) is 52.5 Å². The Morgan fingerprint density at radius 1 is 1.24 bits per heavy atom. The summed E-state index contributed by atoms with van der Waals surface area (Å²) in [5, 5.41) is 3.79. The molecule has 2 nitrogen and oxygen atoms in total. The molecule has 1 aliphatic rings. The number of aryl methyl sites for hydroxylation is 1. The van der Waals surface area contributed by atoms with Gasteiger partial charge in [-0.15, -0.1) is 0 Å². The molecule has 1 saturated carbocycles. The highest BCUT2D eigenvalue weighted by Crippen LogP contribution is 2.39. The molecule has 0 bridgehead atoms. The molecule has 2 unspecified atom stereocenters. The van der Waals surface area contributed by atoms with E-state index in [2.05, 4.69) is 69.1 Å². The van der Waals surface area contributed by atoms with Gasteiger partial charge in [0.25, 0.3) is 0 Å². The first-order valence-corrected chi connectivity index (χ1v) is 8.57. The van der Waals surface area contributed by atoms with Crippen molar-refractivity contribution >= 4 is 5.69 Å². The molecule has 0 aromatic heterocycles. The van der Waals surface area contributed by atoms with Crippen molar-refractivity contribution in [3.8, 4) is 0 Å². The topological polar surface area (TPSA) is 15.3 Å². The van der Waals surface area contributed by atoms with Gasteiger partial charge in [-0.1, -0.05) is 45.4 Å². The molecular formula is C19H32N2. The monoisotopic (exact) mass is 288 g/mol. The van der Waals surface area contributed by atoms with E-state index >= 15 is 0 Å². The minimum Gasteiger partial charge on any atom is -0.367 e. The van der Waals surface area contributed by atoms with Gasteiger partial charge in [0.05, 0.1) is 0 Å². The molecule has 21 heavy (non-hydrogen) atoms. The highest BCUT2D eigenvalue weighted by atomic mass is 15.2. The maximum absolute atomic E-state index is 3.79. The van der Waals surface area contributed by atoms with Crippen LogP contribution in [0.5, 0.6) is 0 Å². The second-order valence-electron chi connectivity index (χ2n) is 7.06. The average Bonchev–Trinajstić information content (AvgIpc) is 2.45. The lowest BCUT2D eigenvalue weighted by atomic mass is 9.70. The predicted octanol–water partition coefficient (Wildman–Crippen LogP) is 4.38. The van der Waals surface area contributed by atoms with Gasteiger partial charge in [0.1, 0.15) is 0 Å². The first kappa shape index (κ1) is 16.4. The van der Waals surface area contributed by atoms with Crippen LogP contribution in [-0.4, -0.2) is 25.2 Å². The second-order valence-corrected chi connectivity index (χ2v) is 7.06. The van der Waals surface area contributed by atoms with Crippen LogP contribution < -0.4 is 10.2 Å². The second kappa shape index (κ2) is 6.83. The minimum absolute atomic E-state index is 0.370. The molecule has 1 aromatic carbocycles. The third kappa shape index (κ3) is 3.42. The number of nitrogens with zero attached hydrogens (tertiary/aromatic N) is 1. The Bertz CT molecular complexity index is 453. The maximum atomic E-state index is 3.79. The molecule has 0 aliphatic heterocycles. The summed E-state index contributed by atoms with van der Waals surface area (Å²) >= 11 is 0. The Kier molecular flexibility index (Phi) is 5.32. The summed E-state index contributed by atoms with van der Waals surface area (Å²) in [5.41, 5.74) is 3.17. The van der Waals surface area contributed by atoms with Gasteiger partial charge in [0.15, 0.2) is 0 Å². The third-order valence-corrected chi connectivity index (χ3v) is 5.14. The summed E-state index contributed by atoms with van der Waals surface area (Å²) in [6.45, 7) is 13.7. The van der Waals surface area contributed by atoms with Crippen molar-refractivity contribution in [2.75, 3.05) is 18.0 Å². The van der Waals surface area contributed by atoms with Crippen molar-refractivity contribution in [3.63, 3.8) is 0 Å². The molecule has 2 atom stereocenters. The summed E-state index contributed by atoms with van der Waals surface area (Å²) < 4.78 is 0. The number of likely N-dealkylation sites (N-methyl/N-ethyl adjacent to an activating group) is 2. The number of hydrogen-bond acceptors (Lipinski definition) is 2. The van der Waals surface area contributed by atoms with E-state index in [0.29, 0.717) is 17.5 Å². The fourth-order valence-electron chi connectivity index (χ4n) is 4.05. The standard InChI is InChI=1S/C19H32N2/c1-6-20-18-17(13-10-14-19(18,4)5)21(7-2)16-12-9-8-11-15(16)3/h8-9,11-12,17-18,20H,6-7,10,13-14H2,1-5H3. The van der Waals surface area contributed by atoms with E-state index in [-0.39, 0.29) is 0 Å². The number of nitrogens with one attached hydrogen (secondary N) is 1. The van der Waals surface area contributed by atoms with Crippen molar-refractivity contribution in [3.05, 3.63) is 29.8 Å². The summed E-state index contributed by atoms with van der Waals surface area (Å²) in [6.07, 6.45) is 3.96. The normalized spacial score (nSPS) is 24.8. The summed E-state index contributed by atoms with van der Waals surface area (Å²) in [7, 11) is 0. The number of rotatable bonds is 5. The smallest absolute Gasteiger partial charge is 0.0448 e. The fraction of sp³-hybridized carbons (Fsp3) is 0.684. The quantitative estimate of drug-likeness (QED) is 0.865. The average molecular weight is 288 g/mol. The fourth-order valence-corrected chi connectivity index (χ4v) is 4.05. The molecular weight excluding hydrogens is 256 g/mol.